The molecule has 15 heavy (non-hydrogen) atoms. The molecule has 1 aromatic rings. The number of fused-ring (bicyclic) bond motifs is 2. The molecular formula is C13H16FN. The zero-order chi connectivity index (χ0) is 10.3. The van der Waals surface area contributed by atoms with E-state index in [-0.39, 0.29) is 5.82 Å². The number of rotatable bonds is 1. The van der Waals surface area contributed by atoms with Crippen molar-refractivity contribution in [2.75, 3.05) is 11.4 Å². The standard InChI is InChI=1S/C13H16FN/c14-12-6-1-2-7-13(12)15-9-10-4-3-5-11(15)8-10/h1-2,6-7,10-11H,3-5,8-9H2. The molecule has 2 fully saturated rings. The molecule has 0 aromatic heterocycles. The van der Waals surface area contributed by atoms with E-state index < -0.39 is 0 Å². The summed E-state index contributed by atoms with van der Waals surface area (Å²) >= 11 is 0. The van der Waals surface area contributed by atoms with Gasteiger partial charge >= 0.3 is 0 Å². The first-order valence-corrected chi connectivity index (χ1v) is 5.86. The van der Waals surface area contributed by atoms with Crippen molar-refractivity contribution in [1.82, 2.24) is 0 Å². The van der Waals surface area contributed by atoms with E-state index in [1.54, 1.807) is 12.1 Å². The third-order valence-corrected chi connectivity index (χ3v) is 3.81. The zero-order valence-corrected chi connectivity index (χ0v) is 8.82. The van der Waals surface area contributed by atoms with Gasteiger partial charge in [-0.1, -0.05) is 18.6 Å². The molecule has 1 nitrogen and oxygen atoms in total. The summed E-state index contributed by atoms with van der Waals surface area (Å²) in [5.41, 5.74) is 0.812. The SMILES string of the molecule is Fc1ccccc1N1CC2CCCC1C2. The lowest BCUT2D eigenvalue weighted by atomic mass is 9.90. The molecule has 2 atom stereocenters. The van der Waals surface area contributed by atoms with Crippen LogP contribution in [0.3, 0.4) is 0 Å². The van der Waals surface area contributed by atoms with E-state index in [2.05, 4.69) is 4.90 Å². The van der Waals surface area contributed by atoms with Crippen molar-refractivity contribution in [3.63, 3.8) is 0 Å². The van der Waals surface area contributed by atoms with Gasteiger partial charge in [-0.05, 0) is 37.3 Å². The maximum atomic E-state index is 13.7. The van der Waals surface area contributed by atoms with Crippen LogP contribution in [0, 0.1) is 11.7 Å². The molecule has 0 amide bonds. The van der Waals surface area contributed by atoms with Gasteiger partial charge in [-0.15, -0.1) is 0 Å². The highest BCUT2D eigenvalue weighted by atomic mass is 19.1. The Morgan fingerprint density at radius 2 is 2.07 bits per heavy atom. The van der Waals surface area contributed by atoms with Crippen molar-refractivity contribution in [3.05, 3.63) is 30.1 Å². The quantitative estimate of drug-likeness (QED) is 0.680. The topological polar surface area (TPSA) is 3.24 Å². The van der Waals surface area contributed by atoms with E-state index in [0.717, 1.165) is 18.2 Å². The van der Waals surface area contributed by atoms with E-state index in [0.29, 0.717) is 6.04 Å². The lowest BCUT2D eigenvalue weighted by molar-refractivity contribution is 0.414. The van der Waals surface area contributed by atoms with E-state index in [4.69, 9.17) is 0 Å². The largest absolute Gasteiger partial charge is 0.366 e. The number of nitrogens with zero attached hydrogens (tertiary/aromatic N) is 1. The van der Waals surface area contributed by atoms with Crippen molar-refractivity contribution in [3.8, 4) is 0 Å². The molecule has 1 saturated heterocycles. The Hall–Kier alpha value is -1.05. The molecule has 2 unspecified atom stereocenters. The minimum atomic E-state index is -0.0648. The molecule has 3 rings (SSSR count). The smallest absolute Gasteiger partial charge is 0.146 e. The van der Waals surface area contributed by atoms with Gasteiger partial charge in [-0.3, -0.25) is 0 Å². The molecule has 1 saturated carbocycles. The van der Waals surface area contributed by atoms with Gasteiger partial charge < -0.3 is 4.90 Å². The van der Waals surface area contributed by atoms with Gasteiger partial charge in [-0.2, -0.15) is 0 Å². The van der Waals surface area contributed by atoms with Gasteiger partial charge in [0.1, 0.15) is 5.82 Å². The Balaban J connectivity index is 1.92. The van der Waals surface area contributed by atoms with Crippen LogP contribution >= 0.6 is 0 Å². The number of benzene rings is 1. The van der Waals surface area contributed by atoms with Crippen LogP contribution < -0.4 is 4.90 Å². The third kappa shape index (κ3) is 1.52. The molecule has 0 N–H and O–H groups in total. The monoisotopic (exact) mass is 205 g/mol. The first kappa shape index (κ1) is 9.20. The zero-order valence-electron chi connectivity index (χ0n) is 8.82. The summed E-state index contributed by atoms with van der Waals surface area (Å²) in [4.78, 5) is 2.28. The fourth-order valence-electron chi connectivity index (χ4n) is 3.12. The molecular weight excluding hydrogens is 189 g/mol. The molecule has 0 spiro atoms. The number of anilines is 1. The maximum absolute atomic E-state index is 13.7. The van der Waals surface area contributed by atoms with Gasteiger partial charge in [0.15, 0.2) is 0 Å². The molecule has 1 heterocycles. The van der Waals surface area contributed by atoms with E-state index in [9.17, 15) is 4.39 Å². The third-order valence-electron chi connectivity index (χ3n) is 3.81. The van der Waals surface area contributed by atoms with Crippen LogP contribution in [0.25, 0.3) is 0 Å². The molecule has 1 aliphatic carbocycles. The summed E-state index contributed by atoms with van der Waals surface area (Å²) in [5.74, 6) is 0.744. The average Bonchev–Trinajstić information content (AvgIpc) is 2.55. The Labute approximate surface area is 89.9 Å². The van der Waals surface area contributed by atoms with E-state index in [1.165, 1.54) is 25.7 Å². The molecule has 1 aromatic carbocycles. The summed E-state index contributed by atoms with van der Waals surface area (Å²) in [6.45, 7) is 1.06. The molecule has 2 aliphatic rings. The van der Waals surface area contributed by atoms with Crippen LogP contribution in [-0.2, 0) is 0 Å². The summed E-state index contributed by atoms with van der Waals surface area (Å²) in [5, 5.41) is 0. The van der Waals surface area contributed by atoms with Gasteiger partial charge in [0.05, 0.1) is 5.69 Å². The molecule has 1 aliphatic heterocycles. The summed E-state index contributed by atoms with van der Waals surface area (Å²) < 4.78 is 13.7. The normalized spacial score (nSPS) is 29.5. The van der Waals surface area contributed by atoms with Crippen LogP contribution in [-0.4, -0.2) is 12.6 Å². The Morgan fingerprint density at radius 1 is 1.20 bits per heavy atom. The Kier molecular flexibility index (Phi) is 2.15. The molecule has 2 heteroatoms. The van der Waals surface area contributed by atoms with Gasteiger partial charge in [0, 0.05) is 12.6 Å². The number of hydrogen-bond acceptors (Lipinski definition) is 1. The lowest BCUT2D eigenvalue weighted by Crippen LogP contribution is -2.29. The second-order valence-electron chi connectivity index (χ2n) is 4.79. The summed E-state index contributed by atoms with van der Waals surface area (Å²) in [6.07, 6.45) is 5.17. The lowest BCUT2D eigenvalue weighted by Gasteiger charge is -2.26. The van der Waals surface area contributed by atoms with Gasteiger partial charge in [-0.25, -0.2) is 4.39 Å². The van der Waals surface area contributed by atoms with E-state index >= 15 is 0 Å². The first-order chi connectivity index (χ1) is 7.34. The van der Waals surface area contributed by atoms with Crippen molar-refractivity contribution >= 4 is 5.69 Å². The predicted octanol–water partition coefficient (Wildman–Crippen LogP) is 3.20. The highest BCUT2D eigenvalue weighted by Crippen LogP contribution is 2.38. The van der Waals surface area contributed by atoms with Crippen molar-refractivity contribution < 1.29 is 4.39 Å². The Bertz CT molecular complexity index is 363. The summed E-state index contributed by atoms with van der Waals surface area (Å²) in [6, 6.07) is 7.77. The van der Waals surface area contributed by atoms with Gasteiger partial charge in [0.25, 0.3) is 0 Å². The molecule has 80 valence electrons. The van der Waals surface area contributed by atoms with Crippen LogP contribution in [0.1, 0.15) is 25.7 Å². The number of halogens is 1. The van der Waals surface area contributed by atoms with E-state index in [1.807, 2.05) is 12.1 Å². The van der Waals surface area contributed by atoms with Crippen molar-refractivity contribution in [1.29, 1.82) is 0 Å². The van der Waals surface area contributed by atoms with Crippen molar-refractivity contribution in [2.24, 2.45) is 5.92 Å². The van der Waals surface area contributed by atoms with Crippen LogP contribution in [0.2, 0.25) is 0 Å². The Morgan fingerprint density at radius 3 is 2.87 bits per heavy atom. The molecule has 0 radical (unpaired) electrons. The highest BCUT2D eigenvalue weighted by Gasteiger charge is 2.35. The van der Waals surface area contributed by atoms with Crippen LogP contribution in [0.5, 0.6) is 0 Å². The first-order valence-electron chi connectivity index (χ1n) is 5.86. The second-order valence-corrected chi connectivity index (χ2v) is 4.79. The van der Waals surface area contributed by atoms with Crippen LogP contribution in [0.15, 0.2) is 24.3 Å². The number of para-hydroxylation sites is 1. The molecule has 2 bridgehead atoms. The fourth-order valence-corrected chi connectivity index (χ4v) is 3.12. The second kappa shape index (κ2) is 3.51. The van der Waals surface area contributed by atoms with Gasteiger partial charge in [0.2, 0.25) is 0 Å². The average molecular weight is 205 g/mol. The minimum absolute atomic E-state index is 0.0648. The fraction of sp³-hybridized carbons (Fsp3) is 0.538. The summed E-state index contributed by atoms with van der Waals surface area (Å²) in [7, 11) is 0. The highest BCUT2D eigenvalue weighted by molar-refractivity contribution is 5.50. The van der Waals surface area contributed by atoms with Crippen molar-refractivity contribution in [2.45, 2.75) is 31.7 Å². The van der Waals surface area contributed by atoms with Crippen LogP contribution in [0.4, 0.5) is 10.1 Å². The maximum Gasteiger partial charge on any atom is 0.146 e. The predicted molar refractivity (Wildman–Crippen MR) is 59.5 cm³/mol. The number of hydrogen-bond donors (Lipinski definition) is 0. The minimum Gasteiger partial charge on any atom is -0.366 e.